The van der Waals surface area contributed by atoms with Crippen LogP contribution in [0.3, 0.4) is 0 Å². The fourth-order valence-corrected chi connectivity index (χ4v) is 3.45. The number of benzene rings is 1. The number of hydrogen-bond acceptors (Lipinski definition) is 5. The van der Waals surface area contributed by atoms with Gasteiger partial charge < -0.3 is 19.4 Å². The van der Waals surface area contributed by atoms with E-state index in [1.54, 1.807) is 20.8 Å². The van der Waals surface area contributed by atoms with Crippen LogP contribution in [0.5, 0.6) is 0 Å². The maximum Gasteiger partial charge on any atom is 0.340 e. The molecule has 0 bridgehead atoms. The summed E-state index contributed by atoms with van der Waals surface area (Å²) in [4.78, 5) is 43.1. The molecule has 2 aromatic heterocycles. The van der Waals surface area contributed by atoms with Gasteiger partial charge in [0.05, 0.1) is 17.7 Å². The van der Waals surface area contributed by atoms with E-state index in [4.69, 9.17) is 9.47 Å². The molecule has 0 fully saturated rings. The van der Waals surface area contributed by atoms with E-state index in [-0.39, 0.29) is 24.2 Å². The van der Waals surface area contributed by atoms with E-state index in [1.165, 1.54) is 0 Å². The van der Waals surface area contributed by atoms with Gasteiger partial charge in [0, 0.05) is 34.9 Å². The average molecular weight is 396 g/mol. The van der Waals surface area contributed by atoms with E-state index < -0.39 is 24.3 Å². The molecule has 0 unspecified atom stereocenters. The van der Waals surface area contributed by atoms with Gasteiger partial charge >= 0.3 is 11.9 Å². The molecule has 0 radical (unpaired) electrons. The predicted octanol–water partition coefficient (Wildman–Crippen LogP) is 3.65. The summed E-state index contributed by atoms with van der Waals surface area (Å²) in [7, 11) is 0. The summed E-state index contributed by atoms with van der Waals surface area (Å²) in [5.41, 5.74) is 3.54. The summed E-state index contributed by atoms with van der Waals surface area (Å²) in [6.07, 6.45) is 2.54. The minimum Gasteiger partial charge on any atom is -0.462 e. The first kappa shape index (κ1) is 20.4. The zero-order chi connectivity index (χ0) is 21.0. The van der Waals surface area contributed by atoms with Gasteiger partial charge in [0.1, 0.15) is 0 Å². The first-order chi connectivity index (χ1) is 13.9. The molecule has 0 aliphatic rings. The Morgan fingerprint density at radius 1 is 1.00 bits per heavy atom. The number of ether oxygens (including phenoxy) is 2. The van der Waals surface area contributed by atoms with Crippen LogP contribution < -0.4 is 0 Å². The van der Waals surface area contributed by atoms with Gasteiger partial charge in [0.15, 0.2) is 6.61 Å². The number of carbonyl (C=O) groups excluding carboxylic acids is 3. The molecule has 0 spiro atoms. The van der Waals surface area contributed by atoms with Crippen molar-refractivity contribution in [1.82, 2.24) is 9.97 Å². The quantitative estimate of drug-likeness (QED) is 0.447. The number of H-pyrrole nitrogens is 2. The Balaban J connectivity index is 1.61. The van der Waals surface area contributed by atoms with Gasteiger partial charge in [-0.15, -0.1) is 0 Å². The predicted molar refractivity (Wildman–Crippen MR) is 108 cm³/mol. The first-order valence-corrected chi connectivity index (χ1v) is 9.52. The molecule has 2 N–H and O–H groups in total. The number of fused-ring (bicyclic) bond motifs is 1. The van der Waals surface area contributed by atoms with Crippen LogP contribution >= 0.6 is 0 Å². The highest BCUT2D eigenvalue weighted by Crippen LogP contribution is 2.21. The van der Waals surface area contributed by atoms with E-state index in [0.29, 0.717) is 17.8 Å². The number of carbonyl (C=O) groups is 3. The van der Waals surface area contributed by atoms with Gasteiger partial charge in [-0.1, -0.05) is 18.2 Å². The first-order valence-electron chi connectivity index (χ1n) is 9.52. The van der Waals surface area contributed by atoms with Crippen LogP contribution in [0.4, 0.5) is 0 Å². The number of ketones is 1. The van der Waals surface area contributed by atoms with Crippen molar-refractivity contribution in [3.8, 4) is 0 Å². The van der Waals surface area contributed by atoms with Crippen molar-refractivity contribution in [3.05, 3.63) is 58.5 Å². The Labute approximate surface area is 168 Å². The molecule has 1 aromatic carbocycles. The monoisotopic (exact) mass is 396 g/mol. The number of aromatic nitrogens is 2. The molecular formula is C22H24N2O5. The van der Waals surface area contributed by atoms with Crippen molar-refractivity contribution in [2.75, 3.05) is 13.2 Å². The number of hydrogen-bond donors (Lipinski definition) is 2. The number of Topliss-reactive ketones (excluding diaryl/α,β-unsaturated/α-hetero) is 1. The van der Waals surface area contributed by atoms with Crippen molar-refractivity contribution >= 4 is 28.6 Å². The Bertz CT molecular complexity index is 1060. The summed E-state index contributed by atoms with van der Waals surface area (Å²) < 4.78 is 10.2. The van der Waals surface area contributed by atoms with Crippen molar-refractivity contribution in [2.45, 2.75) is 33.6 Å². The molecule has 29 heavy (non-hydrogen) atoms. The molecule has 0 saturated heterocycles. The molecular weight excluding hydrogens is 372 g/mol. The zero-order valence-electron chi connectivity index (χ0n) is 16.8. The number of nitrogens with one attached hydrogen (secondary N) is 2. The van der Waals surface area contributed by atoms with E-state index in [1.807, 2.05) is 30.5 Å². The third kappa shape index (κ3) is 4.39. The van der Waals surface area contributed by atoms with Gasteiger partial charge in [-0.25, -0.2) is 4.79 Å². The lowest BCUT2D eigenvalue weighted by atomic mass is 10.1. The standard InChI is InChI=1S/C22H24N2O5/c1-4-28-22(27)21-14(3)24-13(2)20(21)18(25)12-29-19(26)10-9-15-11-23-17-8-6-5-7-16(15)17/h5-8,11,23-24H,4,9-10,12H2,1-3H3. The maximum atomic E-state index is 12.6. The summed E-state index contributed by atoms with van der Waals surface area (Å²) in [5, 5.41) is 1.06. The lowest BCUT2D eigenvalue weighted by Gasteiger charge is -2.07. The van der Waals surface area contributed by atoms with Crippen molar-refractivity contribution in [2.24, 2.45) is 0 Å². The van der Waals surface area contributed by atoms with Crippen molar-refractivity contribution in [1.29, 1.82) is 0 Å². The van der Waals surface area contributed by atoms with E-state index in [0.717, 1.165) is 16.5 Å². The Morgan fingerprint density at radius 2 is 1.72 bits per heavy atom. The van der Waals surface area contributed by atoms with Crippen LogP contribution in [0.25, 0.3) is 10.9 Å². The Kier molecular flexibility index (Phi) is 6.16. The summed E-state index contributed by atoms with van der Waals surface area (Å²) in [6, 6.07) is 7.85. The Hall–Kier alpha value is -3.35. The van der Waals surface area contributed by atoms with Crippen molar-refractivity contribution in [3.63, 3.8) is 0 Å². The molecule has 7 nitrogen and oxygen atoms in total. The average Bonchev–Trinajstić information content (AvgIpc) is 3.24. The molecule has 0 atom stereocenters. The zero-order valence-corrected chi connectivity index (χ0v) is 16.8. The number of esters is 2. The van der Waals surface area contributed by atoms with Crippen LogP contribution in [0.15, 0.2) is 30.5 Å². The van der Waals surface area contributed by atoms with Gasteiger partial charge in [0.25, 0.3) is 0 Å². The third-order valence-electron chi connectivity index (χ3n) is 4.77. The second kappa shape index (κ2) is 8.77. The highest BCUT2D eigenvalue weighted by molar-refractivity contribution is 6.09. The fourth-order valence-electron chi connectivity index (χ4n) is 3.45. The van der Waals surface area contributed by atoms with E-state index in [2.05, 4.69) is 9.97 Å². The number of rotatable bonds is 8. The number of aromatic amines is 2. The van der Waals surface area contributed by atoms with Gasteiger partial charge in [-0.3, -0.25) is 9.59 Å². The fraction of sp³-hybridized carbons (Fsp3) is 0.318. The number of aryl methyl sites for hydroxylation is 3. The normalized spacial score (nSPS) is 10.9. The van der Waals surface area contributed by atoms with Crippen LogP contribution in [0.1, 0.15) is 51.0 Å². The molecule has 152 valence electrons. The largest absolute Gasteiger partial charge is 0.462 e. The molecule has 7 heteroatoms. The Morgan fingerprint density at radius 3 is 2.48 bits per heavy atom. The van der Waals surface area contributed by atoms with Crippen LogP contribution in [0.2, 0.25) is 0 Å². The van der Waals surface area contributed by atoms with Gasteiger partial charge in [-0.2, -0.15) is 0 Å². The smallest absolute Gasteiger partial charge is 0.340 e. The molecule has 2 heterocycles. The minimum absolute atomic E-state index is 0.158. The highest BCUT2D eigenvalue weighted by Gasteiger charge is 2.26. The molecule has 3 aromatic rings. The second-order valence-electron chi connectivity index (χ2n) is 6.79. The van der Waals surface area contributed by atoms with E-state index >= 15 is 0 Å². The summed E-state index contributed by atoms with van der Waals surface area (Å²) >= 11 is 0. The van der Waals surface area contributed by atoms with Crippen LogP contribution in [-0.2, 0) is 20.7 Å². The molecule has 0 amide bonds. The van der Waals surface area contributed by atoms with Crippen molar-refractivity contribution < 1.29 is 23.9 Å². The molecule has 0 aliphatic carbocycles. The second-order valence-corrected chi connectivity index (χ2v) is 6.79. The van der Waals surface area contributed by atoms with Crippen LogP contribution in [-0.4, -0.2) is 40.9 Å². The minimum atomic E-state index is -0.566. The summed E-state index contributed by atoms with van der Waals surface area (Å²) in [6.45, 7) is 4.88. The maximum absolute atomic E-state index is 12.6. The molecule has 0 aliphatic heterocycles. The lowest BCUT2D eigenvalue weighted by Crippen LogP contribution is -2.18. The van der Waals surface area contributed by atoms with Gasteiger partial charge in [-0.05, 0) is 38.8 Å². The molecule has 3 rings (SSSR count). The van der Waals surface area contributed by atoms with Gasteiger partial charge in [0.2, 0.25) is 5.78 Å². The summed E-state index contributed by atoms with van der Waals surface area (Å²) in [5.74, 6) is -1.47. The molecule has 0 saturated carbocycles. The third-order valence-corrected chi connectivity index (χ3v) is 4.77. The van der Waals surface area contributed by atoms with E-state index in [9.17, 15) is 14.4 Å². The number of para-hydroxylation sites is 1. The topological polar surface area (TPSA) is 101 Å². The SMILES string of the molecule is CCOC(=O)c1c(C)[nH]c(C)c1C(=O)COC(=O)CCc1c[nH]c2ccccc12. The highest BCUT2D eigenvalue weighted by atomic mass is 16.5. The van der Waals surface area contributed by atoms with Crippen LogP contribution in [0, 0.1) is 13.8 Å². The lowest BCUT2D eigenvalue weighted by molar-refractivity contribution is -0.142.